The zero-order valence-electron chi connectivity index (χ0n) is 9.34. The van der Waals surface area contributed by atoms with Crippen LogP contribution in [0.5, 0.6) is 0 Å². The molecule has 0 aliphatic heterocycles. The molecule has 1 amide bonds. The Balaban J connectivity index is 2.58. The number of rotatable bonds is 4. The van der Waals surface area contributed by atoms with Crippen molar-refractivity contribution >= 4 is 22.9 Å². The molecule has 18 heavy (non-hydrogen) atoms. The summed E-state index contributed by atoms with van der Waals surface area (Å²) in [5, 5.41) is 9.00. The summed E-state index contributed by atoms with van der Waals surface area (Å²) in [5.41, 5.74) is 5.28. The number of hydrogen-bond acceptors (Lipinski definition) is 3. The molecule has 0 radical (unpaired) electrons. The average molecular weight is 249 g/mol. The van der Waals surface area contributed by atoms with Gasteiger partial charge in [0.2, 0.25) is 5.91 Å². The van der Waals surface area contributed by atoms with E-state index in [-0.39, 0.29) is 24.0 Å². The number of aryl methyl sites for hydroxylation is 1. The highest BCUT2D eigenvalue weighted by Crippen LogP contribution is 2.15. The number of carboxylic acids is 1. The Bertz CT molecular complexity index is 683. The van der Waals surface area contributed by atoms with Crippen molar-refractivity contribution in [3.63, 3.8) is 0 Å². The summed E-state index contributed by atoms with van der Waals surface area (Å²) in [6.45, 7) is 0.122. The van der Waals surface area contributed by atoms with Crippen molar-refractivity contribution in [1.29, 1.82) is 0 Å². The van der Waals surface area contributed by atoms with E-state index in [1.807, 2.05) is 0 Å². The lowest BCUT2D eigenvalue weighted by Crippen LogP contribution is -2.21. The van der Waals surface area contributed by atoms with Crippen molar-refractivity contribution in [2.45, 2.75) is 13.0 Å². The summed E-state index contributed by atoms with van der Waals surface area (Å²) in [7, 11) is 0. The average Bonchev–Trinajstić information content (AvgIpc) is 2.61. The van der Waals surface area contributed by atoms with Crippen LogP contribution in [0.25, 0.3) is 11.0 Å². The van der Waals surface area contributed by atoms with E-state index in [0.717, 1.165) is 0 Å². The first kappa shape index (κ1) is 11.9. The van der Waals surface area contributed by atoms with Crippen LogP contribution in [0.2, 0.25) is 0 Å². The van der Waals surface area contributed by atoms with Gasteiger partial charge < -0.3 is 15.8 Å². The molecule has 1 heterocycles. The molecule has 94 valence electrons. The predicted octanol–water partition coefficient (Wildman–Crippen LogP) is -0.0968. The number of imidazole rings is 1. The number of primary amides is 1. The minimum atomic E-state index is -1.12. The number of fused-ring (bicyclic) bond motifs is 1. The molecule has 0 atom stereocenters. The van der Waals surface area contributed by atoms with Gasteiger partial charge in [-0.2, -0.15) is 0 Å². The molecule has 2 rings (SSSR count). The Morgan fingerprint density at radius 2 is 2.11 bits per heavy atom. The van der Waals surface area contributed by atoms with E-state index in [2.05, 4.69) is 4.98 Å². The smallest absolute Gasteiger partial charge is 0.337 e. The van der Waals surface area contributed by atoms with Gasteiger partial charge in [0.15, 0.2) is 0 Å². The van der Waals surface area contributed by atoms with E-state index >= 15 is 0 Å². The molecule has 0 aliphatic rings. The van der Waals surface area contributed by atoms with Crippen LogP contribution in [-0.4, -0.2) is 26.5 Å². The summed E-state index contributed by atoms with van der Waals surface area (Å²) in [4.78, 5) is 35.9. The lowest BCUT2D eigenvalue weighted by atomic mass is 10.2. The number of nitrogens with one attached hydrogen (secondary N) is 1. The van der Waals surface area contributed by atoms with Gasteiger partial charge >= 0.3 is 11.7 Å². The highest BCUT2D eigenvalue weighted by molar-refractivity contribution is 6.00. The fraction of sp³-hybridized carbons (Fsp3) is 0.182. The minimum Gasteiger partial charge on any atom is -0.478 e. The molecular formula is C11H11N3O4. The number of H-pyrrole nitrogens is 1. The molecule has 0 bridgehead atoms. The molecular weight excluding hydrogens is 238 g/mol. The number of aromatic nitrogens is 2. The maximum atomic E-state index is 11.7. The summed E-state index contributed by atoms with van der Waals surface area (Å²) < 4.78 is 1.30. The number of nitrogens with two attached hydrogens (primary N) is 1. The first-order valence-electron chi connectivity index (χ1n) is 5.24. The second kappa shape index (κ2) is 4.36. The van der Waals surface area contributed by atoms with E-state index in [1.165, 1.54) is 10.6 Å². The van der Waals surface area contributed by atoms with Crippen LogP contribution >= 0.6 is 0 Å². The third-order valence-corrected chi connectivity index (χ3v) is 2.62. The molecule has 0 saturated heterocycles. The molecule has 0 saturated carbocycles. The molecule has 1 aromatic carbocycles. The van der Waals surface area contributed by atoms with Crippen molar-refractivity contribution in [3.05, 3.63) is 34.2 Å². The number of carbonyl (C=O) groups excluding carboxylic acids is 1. The normalized spacial score (nSPS) is 10.7. The molecule has 0 aliphatic carbocycles. The number of carbonyl (C=O) groups is 2. The number of aromatic carboxylic acids is 1. The van der Waals surface area contributed by atoms with Crippen molar-refractivity contribution in [2.24, 2.45) is 5.73 Å². The van der Waals surface area contributed by atoms with E-state index in [9.17, 15) is 14.4 Å². The van der Waals surface area contributed by atoms with Gasteiger partial charge in [-0.25, -0.2) is 9.59 Å². The fourth-order valence-electron chi connectivity index (χ4n) is 1.80. The maximum Gasteiger partial charge on any atom is 0.337 e. The number of hydrogen-bond donors (Lipinski definition) is 3. The number of amides is 1. The van der Waals surface area contributed by atoms with Crippen molar-refractivity contribution in [2.75, 3.05) is 0 Å². The Morgan fingerprint density at radius 3 is 2.72 bits per heavy atom. The zero-order valence-corrected chi connectivity index (χ0v) is 9.34. The number of carboxylic acid groups (broad SMARTS) is 1. The predicted molar refractivity (Wildman–Crippen MR) is 63.3 cm³/mol. The molecule has 2 aromatic rings. The third-order valence-electron chi connectivity index (χ3n) is 2.62. The van der Waals surface area contributed by atoms with Crippen molar-refractivity contribution < 1.29 is 14.7 Å². The van der Waals surface area contributed by atoms with Gasteiger partial charge in [-0.3, -0.25) is 9.36 Å². The van der Waals surface area contributed by atoms with Crippen LogP contribution in [0, 0.1) is 0 Å². The minimum absolute atomic E-state index is 0.0161. The number of nitrogens with zero attached hydrogens (tertiary/aromatic N) is 1. The summed E-state index contributed by atoms with van der Waals surface area (Å²) in [5.74, 6) is -1.64. The monoisotopic (exact) mass is 249 g/mol. The van der Waals surface area contributed by atoms with Crippen LogP contribution in [0.15, 0.2) is 23.0 Å². The molecule has 0 spiro atoms. The van der Waals surface area contributed by atoms with Gasteiger partial charge in [-0.15, -0.1) is 0 Å². The lowest BCUT2D eigenvalue weighted by Gasteiger charge is -2.01. The van der Waals surface area contributed by atoms with E-state index in [1.54, 1.807) is 12.1 Å². The molecule has 4 N–H and O–H groups in total. The Morgan fingerprint density at radius 1 is 1.39 bits per heavy atom. The standard InChI is InChI=1S/C11H11N3O4/c12-8(15)4-5-14-7-3-1-2-6(10(16)17)9(7)13-11(14)18/h1-3H,4-5H2,(H2,12,15)(H,13,18)(H,16,17). The first-order chi connectivity index (χ1) is 8.50. The van der Waals surface area contributed by atoms with Gasteiger partial charge in [0.25, 0.3) is 0 Å². The van der Waals surface area contributed by atoms with E-state index < -0.39 is 17.6 Å². The number of para-hydroxylation sites is 1. The lowest BCUT2D eigenvalue weighted by molar-refractivity contribution is -0.118. The van der Waals surface area contributed by atoms with Crippen LogP contribution in [0.3, 0.4) is 0 Å². The highest BCUT2D eigenvalue weighted by Gasteiger charge is 2.14. The Kier molecular flexibility index (Phi) is 2.88. The van der Waals surface area contributed by atoms with Crippen molar-refractivity contribution in [1.82, 2.24) is 9.55 Å². The van der Waals surface area contributed by atoms with Crippen LogP contribution in [0.4, 0.5) is 0 Å². The SMILES string of the molecule is NC(=O)CCn1c(=O)[nH]c2c(C(=O)O)cccc21. The Hall–Kier alpha value is -2.57. The van der Waals surface area contributed by atoms with Crippen LogP contribution in [-0.2, 0) is 11.3 Å². The van der Waals surface area contributed by atoms with E-state index in [4.69, 9.17) is 10.8 Å². The molecule has 0 unspecified atom stereocenters. The Labute approximate surface area is 101 Å². The van der Waals surface area contributed by atoms with E-state index in [0.29, 0.717) is 5.52 Å². The summed E-state index contributed by atoms with van der Waals surface area (Å²) in [6, 6.07) is 4.56. The number of benzene rings is 1. The number of aromatic amines is 1. The summed E-state index contributed by atoms with van der Waals surface area (Å²) >= 11 is 0. The van der Waals surface area contributed by atoms with Gasteiger partial charge in [0.05, 0.1) is 16.6 Å². The molecule has 0 fully saturated rings. The first-order valence-corrected chi connectivity index (χ1v) is 5.24. The van der Waals surface area contributed by atoms with Gasteiger partial charge in [-0.05, 0) is 12.1 Å². The zero-order chi connectivity index (χ0) is 13.3. The summed E-state index contributed by atoms with van der Waals surface area (Å²) in [6.07, 6.45) is 0.0180. The van der Waals surface area contributed by atoms with Crippen LogP contribution in [0.1, 0.15) is 16.8 Å². The molecule has 1 aromatic heterocycles. The maximum absolute atomic E-state index is 11.7. The second-order valence-electron chi connectivity index (χ2n) is 3.80. The molecule has 7 nitrogen and oxygen atoms in total. The molecule has 7 heteroatoms. The second-order valence-corrected chi connectivity index (χ2v) is 3.80. The largest absolute Gasteiger partial charge is 0.478 e. The highest BCUT2D eigenvalue weighted by atomic mass is 16.4. The van der Waals surface area contributed by atoms with Crippen LogP contribution < -0.4 is 11.4 Å². The van der Waals surface area contributed by atoms with Gasteiger partial charge in [-0.1, -0.05) is 6.07 Å². The van der Waals surface area contributed by atoms with Gasteiger partial charge in [0.1, 0.15) is 0 Å². The van der Waals surface area contributed by atoms with Crippen molar-refractivity contribution in [3.8, 4) is 0 Å². The topological polar surface area (TPSA) is 118 Å². The fourth-order valence-corrected chi connectivity index (χ4v) is 1.80. The van der Waals surface area contributed by atoms with Gasteiger partial charge in [0, 0.05) is 13.0 Å². The quantitative estimate of drug-likeness (QED) is 0.701. The third kappa shape index (κ3) is 1.97.